The molecular weight excluding hydrogens is 280 g/mol. The molecule has 0 radical (unpaired) electrons. The molecule has 0 aliphatic carbocycles. The highest BCUT2D eigenvalue weighted by Gasteiger charge is 2.21. The summed E-state index contributed by atoms with van der Waals surface area (Å²) in [6.45, 7) is 1.72. The summed E-state index contributed by atoms with van der Waals surface area (Å²) in [5.41, 5.74) is 6.63. The van der Waals surface area contributed by atoms with E-state index in [1.807, 2.05) is 0 Å². The van der Waals surface area contributed by atoms with Crippen LogP contribution in [0.1, 0.15) is 18.5 Å². The number of hydrogen-bond acceptors (Lipinski definition) is 5. The number of nitrogens with one attached hydrogen (secondary N) is 2. The molecule has 0 saturated heterocycles. The van der Waals surface area contributed by atoms with E-state index in [0.29, 0.717) is 5.75 Å². The maximum Gasteiger partial charge on any atom is 0.243 e. The lowest BCUT2D eigenvalue weighted by atomic mass is 10.2. The molecule has 1 unspecified atom stereocenters. The number of aromatic nitrogens is 2. The summed E-state index contributed by atoms with van der Waals surface area (Å²) in [7, 11) is -2.23. The predicted octanol–water partition coefficient (Wildman–Crippen LogP) is 1.04. The molecule has 2 rings (SSSR count). The fraction of sp³-hybridized carbons (Fsp3) is 0.250. The molecule has 7 nitrogen and oxygen atoms in total. The van der Waals surface area contributed by atoms with Crippen molar-refractivity contribution in [3.63, 3.8) is 0 Å². The summed E-state index contributed by atoms with van der Waals surface area (Å²) in [5.74, 6) is 0.504. The zero-order chi connectivity index (χ0) is 14.8. The van der Waals surface area contributed by atoms with Gasteiger partial charge in [-0.1, -0.05) is 0 Å². The number of benzene rings is 1. The lowest BCUT2D eigenvalue weighted by Gasteiger charge is -2.14. The van der Waals surface area contributed by atoms with Crippen LogP contribution < -0.4 is 15.2 Å². The standard InChI is InChI=1S/C12H16N4O3S/c1-8(9-6-14-15-7-9)16-20(17,18)12-4-3-10(19-2)5-11(12)13/h3-8,16H,13H2,1-2H3,(H,14,15). The highest BCUT2D eigenvalue weighted by Crippen LogP contribution is 2.25. The zero-order valence-corrected chi connectivity index (χ0v) is 11.9. The first kappa shape index (κ1) is 14.4. The van der Waals surface area contributed by atoms with Crippen molar-refractivity contribution < 1.29 is 13.2 Å². The molecule has 1 aromatic heterocycles. The lowest BCUT2D eigenvalue weighted by molar-refractivity contribution is 0.414. The number of methoxy groups -OCH3 is 1. The Morgan fingerprint density at radius 1 is 1.45 bits per heavy atom. The Hall–Kier alpha value is -2.06. The molecule has 0 aliphatic heterocycles. The number of sulfonamides is 1. The third-order valence-corrected chi connectivity index (χ3v) is 4.47. The number of anilines is 1. The number of H-pyrrole nitrogens is 1. The van der Waals surface area contributed by atoms with Crippen molar-refractivity contribution in [2.45, 2.75) is 17.9 Å². The highest BCUT2D eigenvalue weighted by molar-refractivity contribution is 7.89. The van der Waals surface area contributed by atoms with E-state index in [4.69, 9.17) is 10.5 Å². The Labute approximate surface area is 117 Å². The largest absolute Gasteiger partial charge is 0.497 e. The van der Waals surface area contributed by atoms with Gasteiger partial charge in [-0.05, 0) is 19.1 Å². The van der Waals surface area contributed by atoms with Gasteiger partial charge in [-0.2, -0.15) is 5.10 Å². The van der Waals surface area contributed by atoms with Gasteiger partial charge in [0, 0.05) is 23.9 Å². The zero-order valence-electron chi connectivity index (χ0n) is 11.1. The second kappa shape index (κ2) is 5.51. The highest BCUT2D eigenvalue weighted by atomic mass is 32.2. The van der Waals surface area contributed by atoms with E-state index in [-0.39, 0.29) is 10.6 Å². The van der Waals surface area contributed by atoms with Gasteiger partial charge in [0.05, 0.1) is 19.0 Å². The van der Waals surface area contributed by atoms with Crippen LogP contribution in [-0.2, 0) is 10.0 Å². The smallest absolute Gasteiger partial charge is 0.243 e. The molecule has 4 N–H and O–H groups in total. The number of ether oxygens (including phenoxy) is 1. The van der Waals surface area contributed by atoms with Gasteiger partial charge >= 0.3 is 0 Å². The molecule has 8 heteroatoms. The molecule has 2 aromatic rings. The number of nitrogens with two attached hydrogens (primary N) is 1. The number of nitrogens with zero attached hydrogens (tertiary/aromatic N) is 1. The van der Waals surface area contributed by atoms with Gasteiger partial charge in [0.2, 0.25) is 10.0 Å². The van der Waals surface area contributed by atoms with Crippen molar-refractivity contribution in [3.8, 4) is 5.75 Å². The SMILES string of the molecule is COc1ccc(S(=O)(=O)NC(C)c2cn[nH]c2)c(N)c1. The molecule has 1 atom stereocenters. The molecule has 0 spiro atoms. The molecule has 0 aliphatic rings. The summed E-state index contributed by atoms with van der Waals surface area (Å²) in [6, 6.07) is 4.02. The molecule has 0 bridgehead atoms. The summed E-state index contributed by atoms with van der Waals surface area (Å²) in [4.78, 5) is 0.0219. The second-order valence-electron chi connectivity index (χ2n) is 4.28. The van der Waals surface area contributed by atoms with Gasteiger partial charge in [-0.3, -0.25) is 5.10 Å². The number of nitrogen functional groups attached to an aromatic ring is 1. The van der Waals surface area contributed by atoms with Gasteiger partial charge in [-0.15, -0.1) is 0 Å². The van der Waals surface area contributed by atoms with E-state index in [2.05, 4.69) is 14.9 Å². The Morgan fingerprint density at radius 3 is 2.75 bits per heavy atom. The van der Waals surface area contributed by atoms with E-state index in [0.717, 1.165) is 5.56 Å². The molecule has 1 aromatic carbocycles. The minimum absolute atomic E-state index is 0.0219. The third kappa shape index (κ3) is 2.91. The van der Waals surface area contributed by atoms with Crippen LogP contribution in [0.15, 0.2) is 35.5 Å². The van der Waals surface area contributed by atoms with Gasteiger partial charge in [-0.25, -0.2) is 13.1 Å². The van der Waals surface area contributed by atoms with E-state index in [1.54, 1.807) is 25.4 Å². The maximum atomic E-state index is 12.3. The molecule has 1 heterocycles. The Balaban J connectivity index is 2.27. The van der Waals surface area contributed by atoms with Crippen LogP contribution in [0.3, 0.4) is 0 Å². The van der Waals surface area contributed by atoms with E-state index >= 15 is 0 Å². The summed E-state index contributed by atoms with van der Waals surface area (Å²) >= 11 is 0. The van der Waals surface area contributed by atoms with E-state index < -0.39 is 16.1 Å². The van der Waals surface area contributed by atoms with Gasteiger partial charge in [0.1, 0.15) is 10.6 Å². The first-order chi connectivity index (χ1) is 9.44. The van der Waals surface area contributed by atoms with Gasteiger partial charge in [0.15, 0.2) is 0 Å². The van der Waals surface area contributed by atoms with Crippen molar-refractivity contribution in [2.75, 3.05) is 12.8 Å². The van der Waals surface area contributed by atoms with Crippen LogP contribution in [-0.4, -0.2) is 25.7 Å². The third-order valence-electron chi connectivity index (χ3n) is 2.86. The number of hydrogen-bond donors (Lipinski definition) is 3. The fourth-order valence-electron chi connectivity index (χ4n) is 1.76. The average molecular weight is 296 g/mol. The molecular formula is C12H16N4O3S. The minimum atomic E-state index is -3.71. The monoisotopic (exact) mass is 296 g/mol. The quantitative estimate of drug-likeness (QED) is 0.714. The average Bonchev–Trinajstić information content (AvgIpc) is 2.91. The molecule has 0 saturated carbocycles. The van der Waals surface area contributed by atoms with Crippen LogP contribution in [0.25, 0.3) is 0 Å². The molecule has 0 amide bonds. The van der Waals surface area contributed by atoms with Crippen LogP contribution in [0.2, 0.25) is 0 Å². The lowest BCUT2D eigenvalue weighted by Crippen LogP contribution is -2.27. The first-order valence-electron chi connectivity index (χ1n) is 5.88. The van der Waals surface area contributed by atoms with Crippen molar-refractivity contribution in [3.05, 3.63) is 36.2 Å². The first-order valence-corrected chi connectivity index (χ1v) is 7.37. The van der Waals surface area contributed by atoms with Crippen molar-refractivity contribution >= 4 is 15.7 Å². The number of aromatic amines is 1. The summed E-state index contributed by atoms with van der Waals surface area (Å²) < 4.78 is 32.1. The summed E-state index contributed by atoms with van der Waals surface area (Å²) in [5, 5.41) is 6.42. The second-order valence-corrected chi connectivity index (χ2v) is 5.96. The van der Waals surface area contributed by atoms with Gasteiger partial charge < -0.3 is 10.5 Å². The maximum absolute atomic E-state index is 12.3. The van der Waals surface area contributed by atoms with Crippen LogP contribution >= 0.6 is 0 Å². The van der Waals surface area contributed by atoms with Crippen molar-refractivity contribution in [1.29, 1.82) is 0 Å². The van der Waals surface area contributed by atoms with E-state index in [9.17, 15) is 8.42 Å². The fourth-order valence-corrected chi connectivity index (χ4v) is 3.11. The summed E-state index contributed by atoms with van der Waals surface area (Å²) in [6.07, 6.45) is 3.19. The Bertz CT molecular complexity index is 683. The molecule has 20 heavy (non-hydrogen) atoms. The minimum Gasteiger partial charge on any atom is -0.497 e. The van der Waals surface area contributed by atoms with Crippen LogP contribution in [0.4, 0.5) is 5.69 Å². The topological polar surface area (TPSA) is 110 Å². The van der Waals surface area contributed by atoms with E-state index in [1.165, 1.54) is 19.2 Å². The number of rotatable bonds is 5. The van der Waals surface area contributed by atoms with Gasteiger partial charge in [0.25, 0.3) is 0 Å². The van der Waals surface area contributed by atoms with Crippen LogP contribution in [0, 0.1) is 0 Å². The Morgan fingerprint density at radius 2 is 2.20 bits per heavy atom. The van der Waals surface area contributed by atoms with Crippen molar-refractivity contribution in [1.82, 2.24) is 14.9 Å². The molecule has 0 fully saturated rings. The molecule has 108 valence electrons. The normalized spacial score (nSPS) is 13.1. The van der Waals surface area contributed by atoms with Crippen molar-refractivity contribution in [2.24, 2.45) is 0 Å². The predicted molar refractivity (Wildman–Crippen MR) is 74.7 cm³/mol. The van der Waals surface area contributed by atoms with Crippen LogP contribution in [0.5, 0.6) is 5.75 Å². The Kier molecular flexibility index (Phi) is 3.96.